The van der Waals surface area contributed by atoms with E-state index in [-0.39, 0.29) is 23.8 Å². The normalized spacial score (nSPS) is 31.1. The molecule has 5 aliphatic heterocycles. The van der Waals surface area contributed by atoms with Crippen LogP contribution in [0.25, 0.3) is 0 Å². The maximum Gasteiger partial charge on any atom is 0.250 e. The summed E-state index contributed by atoms with van der Waals surface area (Å²) < 4.78 is 11.3. The predicted molar refractivity (Wildman–Crippen MR) is 123 cm³/mol. The molecule has 4 unspecified atom stereocenters. The average Bonchev–Trinajstić information content (AvgIpc) is 3.56. The van der Waals surface area contributed by atoms with Gasteiger partial charge in [0.25, 0.3) is 0 Å². The first-order chi connectivity index (χ1) is 16.6. The highest BCUT2D eigenvalue weighted by Crippen LogP contribution is 2.61. The van der Waals surface area contributed by atoms with Gasteiger partial charge in [0, 0.05) is 23.4 Å². The van der Waals surface area contributed by atoms with Crippen LogP contribution in [0.15, 0.2) is 36.4 Å². The molecular weight excluding hydrogens is 434 g/mol. The first-order valence-electron chi connectivity index (χ1n) is 12.0. The van der Waals surface area contributed by atoms with Crippen LogP contribution < -0.4 is 19.7 Å². The monoisotopic (exact) mass is 459 g/mol. The molecule has 0 saturated carbocycles. The number of carbonyl (C=O) groups is 3. The third kappa shape index (κ3) is 2.29. The number of nitrogens with one attached hydrogen (secondary N) is 1. The van der Waals surface area contributed by atoms with Crippen LogP contribution in [0.5, 0.6) is 11.5 Å². The van der Waals surface area contributed by atoms with Gasteiger partial charge in [0.2, 0.25) is 17.7 Å². The van der Waals surface area contributed by atoms with E-state index in [0.717, 1.165) is 36.1 Å². The van der Waals surface area contributed by atoms with Crippen molar-refractivity contribution in [2.45, 2.75) is 37.8 Å². The van der Waals surface area contributed by atoms with Gasteiger partial charge in [-0.15, -0.1) is 0 Å². The van der Waals surface area contributed by atoms with Crippen LogP contribution in [0, 0.1) is 11.8 Å². The molecule has 3 amide bonds. The Morgan fingerprint density at radius 2 is 1.85 bits per heavy atom. The fourth-order valence-electron chi connectivity index (χ4n) is 6.90. The molecule has 5 aliphatic rings. The summed E-state index contributed by atoms with van der Waals surface area (Å²) in [5.74, 6) is -0.921. The van der Waals surface area contributed by atoms with Gasteiger partial charge in [-0.05, 0) is 49.6 Å². The van der Waals surface area contributed by atoms with Gasteiger partial charge in [-0.2, -0.15) is 0 Å². The zero-order valence-corrected chi connectivity index (χ0v) is 18.9. The van der Waals surface area contributed by atoms with Gasteiger partial charge in [-0.25, -0.2) is 4.90 Å². The predicted octanol–water partition coefficient (Wildman–Crippen LogP) is 2.45. The van der Waals surface area contributed by atoms with Crippen LogP contribution in [0.4, 0.5) is 11.4 Å². The van der Waals surface area contributed by atoms with Crippen molar-refractivity contribution in [3.8, 4) is 11.5 Å². The number of hydrogen-bond acceptors (Lipinski definition) is 6. The SMILES string of the molecule is CCc1ccc2c(c1)C1(C(=O)N2)C2C(=O)N(c3ccc4c(c3)OCCO4)C(=O)C2C2CCCN21. The molecule has 174 valence electrons. The molecule has 8 heteroatoms. The second-order valence-electron chi connectivity index (χ2n) is 9.70. The van der Waals surface area contributed by atoms with E-state index in [1.807, 2.05) is 12.1 Å². The molecule has 0 aliphatic carbocycles. The Morgan fingerprint density at radius 3 is 2.68 bits per heavy atom. The number of hydrogen-bond donors (Lipinski definition) is 1. The van der Waals surface area contributed by atoms with Gasteiger partial charge in [-0.3, -0.25) is 19.3 Å². The summed E-state index contributed by atoms with van der Waals surface area (Å²) in [5.41, 5.74) is 2.00. The number of amides is 3. The molecule has 34 heavy (non-hydrogen) atoms. The summed E-state index contributed by atoms with van der Waals surface area (Å²) in [7, 11) is 0. The zero-order chi connectivity index (χ0) is 23.2. The highest BCUT2D eigenvalue weighted by atomic mass is 16.6. The molecule has 5 heterocycles. The third-order valence-corrected chi connectivity index (χ3v) is 8.25. The minimum Gasteiger partial charge on any atom is -0.486 e. The van der Waals surface area contributed by atoms with Crippen molar-refractivity contribution in [1.82, 2.24) is 4.90 Å². The molecule has 7 rings (SSSR count). The van der Waals surface area contributed by atoms with Gasteiger partial charge >= 0.3 is 0 Å². The van der Waals surface area contributed by atoms with Crippen molar-refractivity contribution in [2.75, 3.05) is 30.0 Å². The molecule has 2 aromatic rings. The van der Waals surface area contributed by atoms with Gasteiger partial charge < -0.3 is 14.8 Å². The van der Waals surface area contributed by atoms with E-state index in [1.54, 1.807) is 18.2 Å². The molecule has 0 bridgehead atoms. The Balaban J connectivity index is 1.39. The lowest BCUT2D eigenvalue weighted by molar-refractivity contribution is -0.135. The number of aryl methyl sites for hydroxylation is 1. The third-order valence-electron chi connectivity index (χ3n) is 8.25. The summed E-state index contributed by atoms with van der Waals surface area (Å²) in [5, 5.41) is 3.04. The lowest BCUT2D eigenvalue weighted by Crippen LogP contribution is -2.54. The minimum atomic E-state index is -1.15. The van der Waals surface area contributed by atoms with Crippen LogP contribution in [-0.2, 0) is 26.3 Å². The molecule has 0 radical (unpaired) electrons. The molecule has 0 aromatic heterocycles. The van der Waals surface area contributed by atoms with E-state index in [9.17, 15) is 14.4 Å². The Morgan fingerprint density at radius 1 is 1.03 bits per heavy atom. The molecule has 8 nitrogen and oxygen atoms in total. The van der Waals surface area contributed by atoms with Crippen LogP contribution in [-0.4, -0.2) is 48.4 Å². The van der Waals surface area contributed by atoms with Crippen LogP contribution >= 0.6 is 0 Å². The molecule has 2 aromatic carbocycles. The molecular formula is C26H25N3O5. The fraction of sp³-hybridized carbons (Fsp3) is 0.423. The van der Waals surface area contributed by atoms with Crippen molar-refractivity contribution >= 4 is 29.1 Å². The van der Waals surface area contributed by atoms with Crippen molar-refractivity contribution < 1.29 is 23.9 Å². The molecule has 3 saturated heterocycles. The summed E-state index contributed by atoms with van der Waals surface area (Å²) in [6.45, 7) is 3.65. The number of benzene rings is 2. The van der Waals surface area contributed by atoms with E-state index in [2.05, 4.69) is 23.2 Å². The highest BCUT2D eigenvalue weighted by Gasteiger charge is 2.74. The van der Waals surface area contributed by atoms with E-state index < -0.39 is 17.4 Å². The maximum absolute atomic E-state index is 14.1. The molecule has 4 atom stereocenters. The van der Waals surface area contributed by atoms with E-state index in [1.165, 1.54) is 4.90 Å². The number of fused-ring (bicyclic) bond motifs is 8. The Hall–Kier alpha value is -3.39. The minimum absolute atomic E-state index is 0.134. The van der Waals surface area contributed by atoms with Gasteiger partial charge in [0.1, 0.15) is 18.8 Å². The number of carbonyl (C=O) groups excluding carboxylic acids is 3. The molecule has 1 spiro atoms. The maximum atomic E-state index is 14.1. The fourth-order valence-corrected chi connectivity index (χ4v) is 6.90. The van der Waals surface area contributed by atoms with E-state index in [0.29, 0.717) is 36.9 Å². The second-order valence-corrected chi connectivity index (χ2v) is 9.70. The summed E-state index contributed by atoms with van der Waals surface area (Å²) in [4.78, 5) is 45.1. The smallest absolute Gasteiger partial charge is 0.250 e. The largest absolute Gasteiger partial charge is 0.486 e. The topological polar surface area (TPSA) is 88.2 Å². The van der Waals surface area contributed by atoms with Gasteiger partial charge in [0.05, 0.1) is 17.5 Å². The summed E-state index contributed by atoms with van der Waals surface area (Å²) in [6, 6.07) is 11.0. The van der Waals surface area contributed by atoms with Crippen molar-refractivity contribution in [1.29, 1.82) is 0 Å². The van der Waals surface area contributed by atoms with Crippen molar-refractivity contribution in [3.63, 3.8) is 0 Å². The Bertz CT molecular complexity index is 1280. The zero-order valence-electron chi connectivity index (χ0n) is 18.9. The molecule has 1 N–H and O–H groups in total. The Kier molecular flexibility index (Phi) is 4.02. The number of anilines is 2. The van der Waals surface area contributed by atoms with Crippen molar-refractivity contribution in [2.24, 2.45) is 11.8 Å². The Labute approximate surface area is 196 Å². The standard InChI is InChI=1S/C26H25N3O5/c1-2-14-5-7-17-16(12-14)26(25(32)27-17)22-21(18-4-3-9-28(18)26)23(30)29(24(22)31)15-6-8-19-20(13-15)34-11-10-33-19/h5-8,12-13,18,21-22H,2-4,9-11H2,1H3,(H,27,32). The second kappa shape index (κ2) is 6.82. The highest BCUT2D eigenvalue weighted by molar-refractivity contribution is 6.26. The first-order valence-corrected chi connectivity index (χ1v) is 12.0. The quantitative estimate of drug-likeness (QED) is 0.695. The first kappa shape index (κ1) is 20.0. The summed E-state index contributed by atoms with van der Waals surface area (Å²) in [6.07, 6.45) is 2.52. The average molecular weight is 460 g/mol. The van der Waals surface area contributed by atoms with Gasteiger partial charge in [0.15, 0.2) is 11.5 Å². The van der Waals surface area contributed by atoms with Crippen LogP contribution in [0.3, 0.4) is 0 Å². The van der Waals surface area contributed by atoms with Crippen molar-refractivity contribution in [3.05, 3.63) is 47.5 Å². The lowest BCUT2D eigenvalue weighted by Gasteiger charge is -2.36. The van der Waals surface area contributed by atoms with Crippen LogP contribution in [0.1, 0.15) is 30.9 Å². The number of nitrogens with zero attached hydrogens (tertiary/aromatic N) is 2. The van der Waals surface area contributed by atoms with E-state index in [4.69, 9.17) is 9.47 Å². The van der Waals surface area contributed by atoms with Crippen LogP contribution in [0.2, 0.25) is 0 Å². The summed E-state index contributed by atoms with van der Waals surface area (Å²) >= 11 is 0. The van der Waals surface area contributed by atoms with E-state index >= 15 is 0 Å². The lowest BCUT2D eigenvalue weighted by atomic mass is 9.75. The number of ether oxygens (including phenoxy) is 2. The molecule has 3 fully saturated rings. The number of rotatable bonds is 2. The number of imide groups is 1. The van der Waals surface area contributed by atoms with Gasteiger partial charge in [-0.1, -0.05) is 19.1 Å².